The minimum atomic E-state index is -4.44. The molecule has 0 saturated heterocycles. The van der Waals surface area contributed by atoms with Crippen molar-refractivity contribution >= 4 is 16.0 Å². The summed E-state index contributed by atoms with van der Waals surface area (Å²) in [5.74, 6) is -1.57. The monoisotopic (exact) mass is 641 g/mol. The van der Waals surface area contributed by atoms with Crippen LogP contribution < -0.4 is 5.32 Å². The Bertz CT molecular complexity index is 855. The van der Waals surface area contributed by atoms with Gasteiger partial charge >= 0.3 is 0 Å². The zero-order valence-electron chi connectivity index (χ0n) is 28.1. The molecule has 0 heterocycles. The molecule has 0 bridgehead atoms. The van der Waals surface area contributed by atoms with Crippen molar-refractivity contribution in [1.29, 1.82) is 0 Å². The summed E-state index contributed by atoms with van der Waals surface area (Å²) in [6, 6.07) is -1.25. The summed E-state index contributed by atoms with van der Waals surface area (Å²) in [7, 11) is -4.44. The van der Waals surface area contributed by atoms with Gasteiger partial charge in [0.05, 0.1) is 17.9 Å². The number of amides is 1. The van der Waals surface area contributed by atoms with Crippen molar-refractivity contribution in [3.63, 3.8) is 0 Å². The molecule has 0 aromatic carbocycles. The van der Waals surface area contributed by atoms with Gasteiger partial charge < -0.3 is 15.5 Å². The molecule has 0 aliphatic carbocycles. The van der Waals surface area contributed by atoms with Gasteiger partial charge in [0.1, 0.15) is 6.10 Å². The minimum Gasteiger partial charge on any atom is -0.387 e. The van der Waals surface area contributed by atoms with E-state index >= 15 is 0 Å². The Balaban J connectivity index is 4.09. The lowest BCUT2D eigenvalue weighted by molar-refractivity contribution is -0.130. The first-order valence-electron chi connectivity index (χ1n) is 17.8. The number of hydrogen-bond donors (Lipinski definition) is 4. The fourth-order valence-electron chi connectivity index (χ4n) is 5.11. The van der Waals surface area contributed by atoms with E-state index in [-0.39, 0.29) is 6.42 Å². The van der Waals surface area contributed by atoms with E-state index in [9.17, 15) is 28.0 Å². The average Bonchev–Trinajstić information content (AvgIpc) is 2.98. The molecule has 8 heteroatoms. The molecular formula is C36H67NO6S. The molecule has 0 aliphatic heterocycles. The third-order valence-corrected chi connectivity index (χ3v) is 8.68. The first kappa shape index (κ1) is 42.5. The molecule has 44 heavy (non-hydrogen) atoms. The summed E-state index contributed by atoms with van der Waals surface area (Å²) in [5, 5.41) is 23.2. The number of rotatable bonds is 31. The van der Waals surface area contributed by atoms with Crippen molar-refractivity contribution in [2.75, 3.05) is 5.75 Å². The second-order valence-electron chi connectivity index (χ2n) is 12.3. The Kier molecular flexibility index (Phi) is 29.2. The summed E-state index contributed by atoms with van der Waals surface area (Å²) in [5.41, 5.74) is 0. The van der Waals surface area contributed by atoms with Gasteiger partial charge in [-0.25, -0.2) is 0 Å². The van der Waals surface area contributed by atoms with Crippen molar-refractivity contribution in [3.8, 4) is 0 Å². The van der Waals surface area contributed by atoms with Crippen LogP contribution in [0.3, 0.4) is 0 Å². The molecule has 0 radical (unpaired) electrons. The maximum atomic E-state index is 12.5. The summed E-state index contributed by atoms with van der Waals surface area (Å²) >= 11 is 0. The van der Waals surface area contributed by atoms with Crippen molar-refractivity contribution in [1.82, 2.24) is 5.32 Å². The Hall–Kier alpha value is -1.48. The van der Waals surface area contributed by atoms with Gasteiger partial charge in [-0.2, -0.15) is 8.42 Å². The molecular weight excluding hydrogens is 574 g/mol. The highest BCUT2D eigenvalue weighted by molar-refractivity contribution is 7.85. The molecule has 0 fully saturated rings. The number of carbonyl (C=O) groups is 1. The van der Waals surface area contributed by atoms with Crippen molar-refractivity contribution < 1.29 is 28.0 Å². The zero-order valence-corrected chi connectivity index (χ0v) is 29.0. The normalized spacial score (nSPS) is 14.6. The molecule has 0 aromatic rings. The second-order valence-corrected chi connectivity index (χ2v) is 13.8. The SMILES string of the molecule is CCCCC/C=C/CC/C=C/C(O)C(CS(=O)(=O)O)NC(=O)C(O)CCCCCCCC/C=C\CCCCCCCCCC. The summed E-state index contributed by atoms with van der Waals surface area (Å²) in [4.78, 5) is 12.5. The molecule has 7 nitrogen and oxygen atoms in total. The Morgan fingerprint density at radius 1 is 0.614 bits per heavy atom. The maximum absolute atomic E-state index is 12.5. The number of nitrogens with one attached hydrogen (secondary N) is 1. The van der Waals surface area contributed by atoms with Gasteiger partial charge in [0.15, 0.2) is 0 Å². The fraction of sp³-hybridized carbons (Fsp3) is 0.806. The number of carbonyl (C=O) groups excluding carboxylic acids is 1. The molecule has 4 N–H and O–H groups in total. The molecule has 0 spiro atoms. The van der Waals surface area contributed by atoms with Gasteiger partial charge in [-0.15, -0.1) is 0 Å². The van der Waals surface area contributed by atoms with Crippen LogP contribution in [0.1, 0.15) is 162 Å². The van der Waals surface area contributed by atoms with Crippen LogP contribution in [0.15, 0.2) is 36.5 Å². The van der Waals surface area contributed by atoms with E-state index in [1.165, 1.54) is 96.0 Å². The largest absolute Gasteiger partial charge is 0.387 e. The van der Waals surface area contributed by atoms with Crippen LogP contribution in [-0.4, -0.2) is 53.1 Å². The minimum absolute atomic E-state index is 0.266. The third-order valence-electron chi connectivity index (χ3n) is 7.90. The smallest absolute Gasteiger partial charge is 0.267 e. The lowest BCUT2D eigenvalue weighted by Crippen LogP contribution is -2.50. The van der Waals surface area contributed by atoms with Crippen LogP contribution in [0.4, 0.5) is 0 Å². The standard InChI is InChI=1S/C36H67NO6S/c1-3-5-7-9-11-13-14-15-16-17-18-19-20-21-23-25-27-29-31-35(39)36(40)37-33(32-44(41,42)43)34(38)30-28-26-24-22-12-10-8-6-4-2/h12,17-18,22,28,30,33-35,38-39H,3-11,13-16,19-21,23-27,29,31-32H2,1-2H3,(H,37,40)(H,41,42,43)/b18-17-,22-12+,30-28+. The lowest BCUT2D eigenvalue weighted by atomic mass is 10.0. The fourth-order valence-corrected chi connectivity index (χ4v) is 5.85. The van der Waals surface area contributed by atoms with E-state index in [0.29, 0.717) is 12.8 Å². The Morgan fingerprint density at radius 2 is 1.02 bits per heavy atom. The summed E-state index contributed by atoms with van der Waals surface area (Å²) < 4.78 is 32.2. The van der Waals surface area contributed by atoms with Crippen LogP contribution in [0.5, 0.6) is 0 Å². The summed E-state index contributed by atoms with van der Waals surface area (Å²) in [6.45, 7) is 4.42. The number of aliphatic hydroxyl groups is 2. The molecule has 3 unspecified atom stereocenters. The van der Waals surface area contributed by atoms with E-state index in [1.807, 2.05) is 0 Å². The van der Waals surface area contributed by atoms with Gasteiger partial charge in [-0.05, 0) is 57.8 Å². The van der Waals surface area contributed by atoms with Crippen molar-refractivity contribution in [2.24, 2.45) is 0 Å². The molecule has 0 aliphatic rings. The van der Waals surface area contributed by atoms with Gasteiger partial charge in [0.25, 0.3) is 10.1 Å². The van der Waals surface area contributed by atoms with Crippen molar-refractivity contribution in [3.05, 3.63) is 36.5 Å². The topological polar surface area (TPSA) is 124 Å². The van der Waals surface area contributed by atoms with E-state index in [1.54, 1.807) is 6.08 Å². The van der Waals surface area contributed by atoms with Crippen LogP contribution in [0, 0.1) is 0 Å². The van der Waals surface area contributed by atoms with E-state index in [2.05, 4.69) is 43.5 Å². The Morgan fingerprint density at radius 3 is 1.55 bits per heavy atom. The van der Waals surface area contributed by atoms with Crippen LogP contribution >= 0.6 is 0 Å². The highest BCUT2D eigenvalue weighted by atomic mass is 32.2. The predicted octanol–water partition coefficient (Wildman–Crippen LogP) is 8.76. The van der Waals surface area contributed by atoms with Crippen LogP contribution in [-0.2, 0) is 14.9 Å². The molecule has 3 atom stereocenters. The van der Waals surface area contributed by atoms with E-state index in [0.717, 1.165) is 38.5 Å². The number of unbranched alkanes of at least 4 members (excludes halogenated alkanes) is 18. The lowest BCUT2D eigenvalue weighted by Gasteiger charge is -2.22. The number of hydrogen-bond acceptors (Lipinski definition) is 5. The predicted molar refractivity (Wildman–Crippen MR) is 185 cm³/mol. The van der Waals surface area contributed by atoms with E-state index in [4.69, 9.17) is 0 Å². The molecule has 0 saturated carbocycles. The van der Waals surface area contributed by atoms with Gasteiger partial charge in [0.2, 0.25) is 5.91 Å². The molecule has 0 rings (SSSR count). The Labute approximate surface area is 270 Å². The van der Waals surface area contributed by atoms with Crippen molar-refractivity contribution in [2.45, 2.75) is 180 Å². The number of aliphatic hydroxyl groups excluding tert-OH is 2. The zero-order chi connectivity index (χ0) is 32.7. The molecule has 1 amide bonds. The highest BCUT2D eigenvalue weighted by Gasteiger charge is 2.27. The van der Waals surface area contributed by atoms with Gasteiger partial charge in [0, 0.05) is 0 Å². The van der Waals surface area contributed by atoms with Crippen LogP contribution in [0.25, 0.3) is 0 Å². The summed E-state index contributed by atoms with van der Waals surface area (Å²) in [6.07, 6.45) is 35.0. The second kappa shape index (κ2) is 30.2. The first-order chi connectivity index (χ1) is 21.2. The average molecular weight is 642 g/mol. The van der Waals surface area contributed by atoms with Gasteiger partial charge in [-0.1, -0.05) is 140 Å². The third kappa shape index (κ3) is 29.2. The first-order valence-corrected chi connectivity index (χ1v) is 19.4. The molecule has 0 aromatic heterocycles. The van der Waals surface area contributed by atoms with Crippen LogP contribution in [0.2, 0.25) is 0 Å². The van der Waals surface area contributed by atoms with E-state index < -0.39 is 40.0 Å². The number of allylic oxidation sites excluding steroid dienone is 5. The highest BCUT2D eigenvalue weighted by Crippen LogP contribution is 2.13. The quantitative estimate of drug-likeness (QED) is 0.0341. The maximum Gasteiger partial charge on any atom is 0.267 e. The van der Waals surface area contributed by atoms with Gasteiger partial charge in [-0.3, -0.25) is 9.35 Å². The molecule has 258 valence electrons.